The number of carbonyl (C=O) groups is 1. The Morgan fingerprint density at radius 3 is 2.43 bits per heavy atom. The van der Waals surface area contributed by atoms with Crippen molar-refractivity contribution in [1.29, 1.82) is 0 Å². The zero-order valence-electron chi connectivity index (χ0n) is 19.4. The average Bonchev–Trinajstić information content (AvgIpc) is 2.81. The van der Waals surface area contributed by atoms with Crippen molar-refractivity contribution in [2.75, 3.05) is 32.6 Å². The van der Waals surface area contributed by atoms with Crippen LogP contribution in [0.2, 0.25) is 0 Å². The lowest BCUT2D eigenvalue weighted by atomic mass is 10.0. The van der Waals surface area contributed by atoms with Crippen LogP contribution in [0.15, 0.2) is 59.9 Å². The molecule has 12 heteroatoms. The standard InChI is InChI=1S/C23H23F3N4O4S/c1-15-10-16(12-17(11-15)35(32,33)29(2)3)22(31)30(14-23(24,25)26)20-13-27-9-7-18(20)19-6-5-8-28-21(19)34-4/h5-13H,14H2,1-4H3. The summed E-state index contributed by atoms with van der Waals surface area (Å²) in [5.41, 5.74) is 0.620. The molecular weight excluding hydrogens is 485 g/mol. The normalized spacial score (nSPS) is 12.0. The Labute approximate surface area is 201 Å². The fourth-order valence-corrected chi connectivity index (χ4v) is 4.45. The van der Waals surface area contributed by atoms with Gasteiger partial charge in [-0.1, -0.05) is 0 Å². The molecule has 0 aliphatic heterocycles. The third-order valence-electron chi connectivity index (χ3n) is 5.00. The molecule has 1 amide bonds. The summed E-state index contributed by atoms with van der Waals surface area (Å²) in [4.78, 5) is 21.8. The van der Waals surface area contributed by atoms with Crippen molar-refractivity contribution in [3.8, 4) is 17.0 Å². The number of ether oxygens (including phenoxy) is 1. The van der Waals surface area contributed by atoms with Crippen molar-refractivity contribution in [2.45, 2.75) is 18.0 Å². The molecule has 0 unspecified atom stereocenters. The number of anilines is 1. The predicted octanol–water partition coefficient (Wildman–Crippen LogP) is 3.92. The first-order valence-electron chi connectivity index (χ1n) is 10.2. The molecule has 1 aromatic carbocycles. The van der Waals surface area contributed by atoms with E-state index >= 15 is 0 Å². The molecule has 35 heavy (non-hydrogen) atoms. The van der Waals surface area contributed by atoms with Gasteiger partial charge in [0.1, 0.15) is 6.54 Å². The van der Waals surface area contributed by atoms with Gasteiger partial charge in [-0.25, -0.2) is 17.7 Å². The lowest BCUT2D eigenvalue weighted by Crippen LogP contribution is -2.39. The second kappa shape index (κ2) is 10.0. The van der Waals surface area contributed by atoms with Crippen LogP contribution in [0.3, 0.4) is 0 Å². The molecule has 0 N–H and O–H groups in total. The van der Waals surface area contributed by atoms with Crippen LogP contribution in [-0.2, 0) is 10.0 Å². The van der Waals surface area contributed by atoms with E-state index in [-0.39, 0.29) is 27.6 Å². The highest BCUT2D eigenvalue weighted by atomic mass is 32.2. The molecular formula is C23H23F3N4O4S. The molecule has 186 valence electrons. The maximum Gasteiger partial charge on any atom is 0.406 e. The summed E-state index contributed by atoms with van der Waals surface area (Å²) in [6, 6.07) is 8.36. The molecule has 2 aromatic heterocycles. The third kappa shape index (κ3) is 5.77. The number of amides is 1. The number of pyridine rings is 2. The molecule has 2 heterocycles. The summed E-state index contributed by atoms with van der Waals surface area (Å²) in [7, 11) is 0.0636. The van der Waals surface area contributed by atoms with Crippen LogP contribution in [0.5, 0.6) is 5.88 Å². The summed E-state index contributed by atoms with van der Waals surface area (Å²) in [6.07, 6.45) is -0.792. The number of sulfonamides is 1. The van der Waals surface area contributed by atoms with Crippen LogP contribution >= 0.6 is 0 Å². The van der Waals surface area contributed by atoms with E-state index in [1.807, 2.05) is 0 Å². The molecule has 8 nitrogen and oxygen atoms in total. The SMILES string of the molecule is COc1ncccc1-c1ccncc1N(CC(F)(F)F)C(=O)c1cc(C)cc(S(=O)(=O)N(C)C)c1. The van der Waals surface area contributed by atoms with Gasteiger partial charge in [-0.05, 0) is 48.9 Å². The number of rotatable bonds is 7. The summed E-state index contributed by atoms with van der Waals surface area (Å²) in [6.45, 7) is -0.0770. The highest BCUT2D eigenvalue weighted by Crippen LogP contribution is 2.37. The van der Waals surface area contributed by atoms with Gasteiger partial charge in [-0.15, -0.1) is 0 Å². The van der Waals surface area contributed by atoms with Crippen molar-refractivity contribution in [3.05, 3.63) is 66.1 Å². The summed E-state index contributed by atoms with van der Waals surface area (Å²) in [5.74, 6) is -0.896. The Hall–Kier alpha value is -3.51. The second-order valence-electron chi connectivity index (χ2n) is 7.78. The Morgan fingerprint density at radius 1 is 1.09 bits per heavy atom. The van der Waals surface area contributed by atoms with E-state index in [2.05, 4.69) is 9.97 Å². The van der Waals surface area contributed by atoms with Crippen LogP contribution < -0.4 is 9.64 Å². The Balaban J connectivity index is 2.21. The highest BCUT2D eigenvalue weighted by molar-refractivity contribution is 7.89. The molecule has 0 aliphatic carbocycles. The van der Waals surface area contributed by atoms with Crippen molar-refractivity contribution in [2.24, 2.45) is 0 Å². The predicted molar refractivity (Wildman–Crippen MR) is 124 cm³/mol. The quantitative estimate of drug-likeness (QED) is 0.480. The van der Waals surface area contributed by atoms with Gasteiger partial charge in [-0.3, -0.25) is 14.7 Å². The summed E-state index contributed by atoms with van der Waals surface area (Å²) in [5, 5.41) is 0. The van der Waals surface area contributed by atoms with Crippen LogP contribution in [-0.4, -0.2) is 62.5 Å². The van der Waals surface area contributed by atoms with Gasteiger partial charge in [-0.2, -0.15) is 13.2 Å². The minimum atomic E-state index is -4.76. The van der Waals surface area contributed by atoms with E-state index in [0.717, 1.165) is 16.6 Å². The zero-order chi connectivity index (χ0) is 26.0. The fraction of sp³-hybridized carbons (Fsp3) is 0.261. The minimum Gasteiger partial charge on any atom is -0.481 e. The summed E-state index contributed by atoms with van der Waals surface area (Å²) >= 11 is 0. The zero-order valence-corrected chi connectivity index (χ0v) is 20.2. The number of aryl methyl sites for hydroxylation is 1. The molecule has 3 aromatic rings. The van der Waals surface area contributed by atoms with E-state index in [4.69, 9.17) is 4.74 Å². The fourth-order valence-electron chi connectivity index (χ4n) is 3.42. The second-order valence-corrected chi connectivity index (χ2v) is 9.93. The number of alkyl halides is 3. The lowest BCUT2D eigenvalue weighted by Gasteiger charge is -2.26. The molecule has 0 atom stereocenters. The Bertz CT molecular complexity index is 1340. The van der Waals surface area contributed by atoms with Crippen LogP contribution in [0.1, 0.15) is 15.9 Å². The lowest BCUT2D eigenvalue weighted by molar-refractivity contribution is -0.118. The minimum absolute atomic E-state index is 0.139. The van der Waals surface area contributed by atoms with Crippen LogP contribution in [0.4, 0.5) is 18.9 Å². The van der Waals surface area contributed by atoms with Crippen LogP contribution in [0.25, 0.3) is 11.1 Å². The van der Waals surface area contributed by atoms with E-state index in [1.165, 1.54) is 51.8 Å². The number of hydrogen-bond acceptors (Lipinski definition) is 6. The molecule has 0 bridgehead atoms. The van der Waals surface area contributed by atoms with Crippen molar-refractivity contribution < 1.29 is 31.1 Å². The van der Waals surface area contributed by atoms with Gasteiger partial charge in [0.05, 0.1) is 23.9 Å². The molecule has 0 spiro atoms. The van der Waals surface area contributed by atoms with Crippen molar-refractivity contribution in [1.82, 2.24) is 14.3 Å². The van der Waals surface area contributed by atoms with Gasteiger partial charge in [0, 0.05) is 43.2 Å². The number of nitrogens with zero attached hydrogens (tertiary/aromatic N) is 4. The van der Waals surface area contributed by atoms with Crippen molar-refractivity contribution in [3.63, 3.8) is 0 Å². The number of carbonyl (C=O) groups excluding carboxylic acids is 1. The van der Waals surface area contributed by atoms with E-state index in [9.17, 15) is 26.4 Å². The topological polar surface area (TPSA) is 92.7 Å². The number of methoxy groups -OCH3 is 1. The molecule has 0 aliphatic rings. The summed E-state index contributed by atoms with van der Waals surface area (Å²) < 4.78 is 72.4. The molecule has 0 saturated heterocycles. The Morgan fingerprint density at radius 2 is 1.80 bits per heavy atom. The van der Waals surface area contributed by atoms with Gasteiger partial charge in [0.25, 0.3) is 5.91 Å². The van der Waals surface area contributed by atoms with Crippen molar-refractivity contribution >= 4 is 21.6 Å². The first-order valence-corrected chi connectivity index (χ1v) is 11.7. The number of aromatic nitrogens is 2. The largest absolute Gasteiger partial charge is 0.481 e. The maximum atomic E-state index is 13.6. The van der Waals surface area contributed by atoms with E-state index < -0.39 is 28.7 Å². The van der Waals surface area contributed by atoms with Gasteiger partial charge in [0.15, 0.2) is 0 Å². The highest BCUT2D eigenvalue weighted by Gasteiger charge is 2.36. The average molecular weight is 509 g/mol. The van der Waals surface area contributed by atoms with Gasteiger partial charge < -0.3 is 4.74 Å². The molecule has 0 radical (unpaired) electrons. The molecule has 0 saturated carbocycles. The number of benzene rings is 1. The maximum absolute atomic E-state index is 13.6. The smallest absolute Gasteiger partial charge is 0.406 e. The van der Waals surface area contributed by atoms with Gasteiger partial charge in [0.2, 0.25) is 15.9 Å². The first-order chi connectivity index (χ1) is 16.3. The number of halogens is 3. The third-order valence-corrected chi connectivity index (χ3v) is 6.80. The van der Waals surface area contributed by atoms with Gasteiger partial charge >= 0.3 is 6.18 Å². The monoisotopic (exact) mass is 508 g/mol. The van der Waals surface area contributed by atoms with Crippen LogP contribution in [0, 0.1) is 6.92 Å². The van der Waals surface area contributed by atoms with E-state index in [1.54, 1.807) is 19.1 Å². The molecule has 0 fully saturated rings. The number of hydrogen-bond donors (Lipinski definition) is 0. The first kappa shape index (κ1) is 26.1. The van der Waals surface area contributed by atoms with E-state index in [0.29, 0.717) is 16.0 Å². The molecule has 3 rings (SSSR count). The Kier molecular flexibility index (Phi) is 7.46.